The molecule has 2 rings (SSSR count). The van der Waals surface area contributed by atoms with Crippen LogP contribution in [0.5, 0.6) is 0 Å². The number of para-hydroxylation sites is 2. The number of rotatable bonds is 4. The fourth-order valence-corrected chi connectivity index (χ4v) is 1.97. The molecule has 0 aliphatic heterocycles. The molecule has 0 radical (unpaired) electrons. The standard InChI is InChI=1S/C17H22N2O3/c1-12(13-9-10-21-11-13)18-14-7-5-6-8-15(14)19-16(20)22-17(2,3)4/h5-12,18H,1-4H3,(H,19,20). The number of amides is 1. The van der Waals surface area contributed by atoms with E-state index in [9.17, 15) is 4.79 Å². The molecular formula is C17H22N2O3. The zero-order valence-electron chi connectivity index (χ0n) is 13.3. The topological polar surface area (TPSA) is 63.5 Å². The van der Waals surface area contributed by atoms with Crippen molar-refractivity contribution in [2.45, 2.75) is 39.3 Å². The lowest BCUT2D eigenvalue weighted by atomic mass is 10.1. The van der Waals surface area contributed by atoms with Crippen LogP contribution in [-0.2, 0) is 4.74 Å². The molecule has 0 saturated carbocycles. The Morgan fingerprint density at radius 2 is 1.86 bits per heavy atom. The normalized spacial score (nSPS) is 12.5. The lowest BCUT2D eigenvalue weighted by Crippen LogP contribution is -2.27. The number of carbonyl (C=O) groups excluding carboxylic acids is 1. The summed E-state index contributed by atoms with van der Waals surface area (Å²) in [7, 11) is 0. The average Bonchev–Trinajstić information content (AvgIpc) is 2.92. The quantitative estimate of drug-likeness (QED) is 0.851. The maximum atomic E-state index is 11.9. The monoisotopic (exact) mass is 302 g/mol. The third kappa shape index (κ3) is 4.55. The lowest BCUT2D eigenvalue weighted by molar-refractivity contribution is 0.0636. The maximum Gasteiger partial charge on any atom is 0.412 e. The van der Waals surface area contributed by atoms with E-state index in [1.807, 2.05) is 58.0 Å². The summed E-state index contributed by atoms with van der Waals surface area (Å²) in [6, 6.07) is 9.46. The number of hydrogen-bond donors (Lipinski definition) is 2. The Balaban J connectivity index is 2.08. The van der Waals surface area contributed by atoms with E-state index in [1.54, 1.807) is 12.5 Å². The highest BCUT2D eigenvalue weighted by Crippen LogP contribution is 2.26. The van der Waals surface area contributed by atoms with Crippen molar-refractivity contribution in [3.8, 4) is 0 Å². The highest BCUT2D eigenvalue weighted by atomic mass is 16.6. The number of benzene rings is 1. The first-order valence-electron chi connectivity index (χ1n) is 7.23. The SMILES string of the molecule is CC(Nc1ccccc1NC(=O)OC(C)(C)C)c1ccoc1. The van der Waals surface area contributed by atoms with Gasteiger partial charge in [0, 0.05) is 5.56 Å². The maximum absolute atomic E-state index is 11.9. The van der Waals surface area contributed by atoms with Crippen LogP contribution in [0.3, 0.4) is 0 Å². The van der Waals surface area contributed by atoms with E-state index in [-0.39, 0.29) is 6.04 Å². The Morgan fingerprint density at radius 3 is 2.45 bits per heavy atom. The van der Waals surface area contributed by atoms with E-state index in [0.29, 0.717) is 5.69 Å². The zero-order valence-corrected chi connectivity index (χ0v) is 13.3. The van der Waals surface area contributed by atoms with Gasteiger partial charge in [0.25, 0.3) is 0 Å². The Kier molecular flexibility index (Phi) is 4.75. The largest absolute Gasteiger partial charge is 0.472 e. The lowest BCUT2D eigenvalue weighted by Gasteiger charge is -2.21. The van der Waals surface area contributed by atoms with Crippen molar-refractivity contribution in [1.29, 1.82) is 0 Å². The molecule has 0 fully saturated rings. The molecule has 1 heterocycles. The predicted octanol–water partition coefficient (Wildman–Crippen LogP) is 4.80. The third-order valence-electron chi connectivity index (χ3n) is 2.98. The van der Waals surface area contributed by atoms with Gasteiger partial charge in [-0.1, -0.05) is 12.1 Å². The van der Waals surface area contributed by atoms with Gasteiger partial charge in [-0.25, -0.2) is 4.79 Å². The highest BCUT2D eigenvalue weighted by Gasteiger charge is 2.17. The van der Waals surface area contributed by atoms with Gasteiger partial charge in [0.15, 0.2) is 0 Å². The third-order valence-corrected chi connectivity index (χ3v) is 2.98. The molecular weight excluding hydrogens is 280 g/mol. The molecule has 1 aromatic carbocycles. The first kappa shape index (κ1) is 15.9. The summed E-state index contributed by atoms with van der Waals surface area (Å²) < 4.78 is 10.4. The van der Waals surface area contributed by atoms with E-state index in [4.69, 9.17) is 9.15 Å². The molecule has 0 spiro atoms. The van der Waals surface area contributed by atoms with Gasteiger partial charge in [-0.2, -0.15) is 0 Å². The van der Waals surface area contributed by atoms with Crippen molar-refractivity contribution in [2.75, 3.05) is 10.6 Å². The Hall–Kier alpha value is -2.43. The molecule has 0 saturated heterocycles. The zero-order chi connectivity index (χ0) is 16.2. The number of hydrogen-bond acceptors (Lipinski definition) is 4. The van der Waals surface area contributed by atoms with Gasteiger partial charge < -0.3 is 14.5 Å². The second-order valence-corrected chi connectivity index (χ2v) is 6.10. The van der Waals surface area contributed by atoms with E-state index in [2.05, 4.69) is 10.6 Å². The van der Waals surface area contributed by atoms with Gasteiger partial charge in [-0.3, -0.25) is 5.32 Å². The second-order valence-electron chi connectivity index (χ2n) is 6.10. The first-order chi connectivity index (χ1) is 10.3. The van der Waals surface area contributed by atoms with Gasteiger partial charge in [-0.15, -0.1) is 0 Å². The summed E-state index contributed by atoms with van der Waals surface area (Å²) in [5.41, 5.74) is 2.00. The van der Waals surface area contributed by atoms with Crippen LogP contribution in [0.2, 0.25) is 0 Å². The van der Waals surface area contributed by atoms with Crippen molar-refractivity contribution in [2.24, 2.45) is 0 Å². The van der Waals surface area contributed by atoms with Crippen LogP contribution in [0.25, 0.3) is 0 Å². The minimum atomic E-state index is -0.531. The van der Waals surface area contributed by atoms with Crippen molar-refractivity contribution in [3.63, 3.8) is 0 Å². The van der Waals surface area contributed by atoms with Crippen molar-refractivity contribution in [1.82, 2.24) is 0 Å². The number of ether oxygens (including phenoxy) is 1. The van der Waals surface area contributed by atoms with E-state index in [0.717, 1.165) is 11.3 Å². The van der Waals surface area contributed by atoms with Gasteiger partial charge in [0.05, 0.1) is 29.9 Å². The van der Waals surface area contributed by atoms with Crippen LogP contribution in [0.15, 0.2) is 47.3 Å². The van der Waals surface area contributed by atoms with Gasteiger partial charge in [0.2, 0.25) is 0 Å². The van der Waals surface area contributed by atoms with Crippen molar-refractivity contribution < 1.29 is 13.9 Å². The molecule has 5 nitrogen and oxygen atoms in total. The summed E-state index contributed by atoms with van der Waals surface area (Å²) in [5, 5.41) is 6.12. The van der Waals surface area contributed by atoms with Gasteiger partial charge >= 0.3 is 6.09 Å². The molecule has 5 heteroatoms. The van der Waals surface area contributed by atoms with Crippen LogP contribution in [0, 0.1) is 0 Å². The van der Waals surface area contributed by atoms with Crippen LogP contribution in [0.4, 0.5) is 16.2 Å². The van der Waals surface area contributed by atoms with Gasteiger partial charge in [0.1, 0.15) is 5.60 Å². The summed E-state index contributed by atoms with van der Waals surface area (Å²) in [6.45, 7) is 7.52. The Bertz CT molecular complexity index is 615. The highest BCUT2D eigenvalue weighted by molar-refractivity contribution is 5.89. The molecule has 22 heavy (non-hydrogen) atoms. The predicted molar refractivity (Wildman–Crippen MR) is 87.0 cm³/mol. The van der Waals surface area contributed by atoms with Crippen LogP contribution in [-0.4, -0.2) is 11.7 Å². The van der Waals surface area contributed by atoms with Crippen molar-refractivity contribution in [3.05, 3.63) is 48.4 Å². The smallest absolute Gasteiger partial charge is 0.412 e. The van der Waals surface area contributed by atoms with Gasteiger partial charge in [-0.05, 0) is 45.9 Å². The second kappa shape index (κ2) is 6.56. The minimum Gasteiger partial charge on any atom is -0.472 e. The fourth-order valence-electron chi connectivity index (χ4n) is 1.97. The molecule has 0 aliphatic rings. The van der Waals surface area contributed by atoms with E-state index in [1.165, 1.54) is 0 Å². The van der Waals surface area contributed by atoms with Crippen molar-refractivity contribution >= 4 is 17.5 Å². The number of nitrogens with one attached hydrogen (secondary N) is 2. The molecule has 1 amide bonds. The molecule has 2 aromatic rings. The van der Waals surface area contributed by atoms with E-state index >= 15 is 0 Å². The van der Waals surface area contributed by atoms with Crippen LogP contribution < -0.4 is 10.6 Å². The molecule has 0 aliphatic carbocycles. The Labute approximate surface area is 130 Å². The molecule has 1 atom stereocenters. The molecule has 1 unspecified atom stereocenters. The Morgan fingerprint density at radius 1 is 1.18 bits per heavy atom. The summed E-state index contributed by atoms with van der Waals surface area (Å²) in [6.07, 6.45) is 2.86. The van der Waals surface area contributed by atoms with Crippen LogP contribution >= 0.6 is 0 Å². The fraction of sp³-hybridized carbons (Fsp3) is 0.353. The van der Waals surface area contributed by atoms with Crippen LogP contribution in [0.1, 0.15) is 39.3 Å². The summed E-state index contributed by atoms with van der Waals surface area (Å²) in [5.74, 6) is 0. The molecule has 2 N–H and O–H groups in total. The first-order valence-corrected chi connectivity index (χ1v) is 7.23. The molecule has 0 bridgehead atoms. The number of anilines is 2. The minimum absolute atomic E-state index is 0.0559. The van der Waals surface area contributed by atoms with E-state index < -0.39 is 11.7 Å². The number of carbonyl (C=O) groups is 1. The molecule has 1 aromatic heterocycles. The average molecular weight is 302 g/mol. The molecule has 118 valence electrons. The summed E-state index contributed by atoms with van der Waals surface area (Å²) in [4.78, 5) is 11.9. The number of furan rings is 1. The summed E-state index contributed by atoms with van der Waals surface area (Å²) >= 11 is 0.